The van der Waals surface area contributed by atoms with E-state index in [0.29, 0.717) is 41.7 Å². The van der Waals surface area contributed by atoms with Gasteiger partial charge in [0.1, 0.15) is 0 Å². The molecule has 34 heavy (non-hydrogen) atoms. The summed E-state index contributed by atoms with van der Waals surface area (Å²) < 4.78 is 54.7. The predicted octanol–water partition coefficient (Wildman–Crippen LogP) is 8.08. The van der Waals surface area contributed by atoms with Crippen molar-refractivity contribution in [2.24, 2.45) is 5.92 Å². The summed E-state index contributed by atoms with van der Waals surface area (Å²) >= 11 is 0. The molecule has 0 atom stereocenters. The van der Waals surface area contributed by atoms with Gasteiger partial charge in [0.05, 0.1) is 12.7 Å². The van der Waals surface area contributed by atoms with Gasteiger partial charge in [-0.2, -0.15) is 0 Å². The Hall–Kier alpha value is -2.01. The van der Waals surface area contributed by atoms with Crippen LogP contribution in [-0.4, -0.2) is 19.8 Å². The van der Waals surface area contributed by atoms with E-state index in [1.165, 1.54) is 0 Å². The van der Waals surface area contributed by atoms with E-state index in [1.807, 2.05) is 19.1 Å². The molecule has 4 rings (SSSR count). The molecule has 0 aromatic heterocycles. The van der Waals surface area contributed by atoms with Crippen molar-refractivity contribution in [1.29, 1.82) is 0 Å². The minimum absolute atomic E-state index is 0.0812. The van der Waals surface area contributed by atoms with Crippen molar-refractivity contribution < 1.29 is 22.6 Å². The molecular formula is C29H37F3O2. The van der Waals surface area contributed by atoms with Crippen LogP contribution >= 0.6 is 0 Å². The number of benzene rings is 2. The Morgan fingerprint density at radius 3 is 2.18 bits per heavy atom. The maximum Gasteiger partial charge on any atom is 0.165 e. The summed E-state index contributed by atoms with van der Waals surface area (Å²) in [6.45, 7) is 2.29. The first-order valence-electron chi connectivity index (χ1n) is 12.9. The van der Waals surface area contributed by atoms with Gasteiger partial charge in [-0.15, -0.1) is 0 Å². The molecular weight excluding hydrogens is 437 g/mol. The predicted molar refractivity (Wildman–Crippen MR) is 129 cm³/mol. The van der Waals surface area contributed by atoms with Crippen molar-refractivity contribution >= 4 is 0 Å². The molecule has 2 aromatic rings. The quantitative estimate of drug-likeness (QED) is 0.385. The zero-order valence-electron chi connectivity index (χ0n) is 20.4. The Labute approximate surface area is 201 Å². The molecule has 2 aromatic carbocycles. The highest BCUT2D eigenvalue weighted by Crippen LogP contribution is 2.39. The molecule has 186 valence electrons. The first-order valence-corrected chi connectivity index (χ1v) is 12.9. The van der Waals surface area contributed by atoms with Crippen LogP contribution in [0.1, 0.15) is 93.2 Å². The van der Waals surface area contributed by atoms with Crippen LogP contribution in [0.2, 0.25) is 0 Å². The van der Waals surface area contributed by atoms with Crippen molar-refractivity contribution in [2.45, 2.75) is 89.1 Å². The monoisotopic (exact) mass is 474 g/mol. The van der Waals surface area contributed by atoms with Crippen molar-refractivity contribution in [3.63, 3.8) is 0 Å². The fourth-order valence-electron chi connectivity index (χ4n) is 5.91. The van der Waals surface area contributed by atoms with Crippen LogP contribution < -0.4 is 4.74 Å². The van der Waals surface area contributed by atoms with E-state index >= 15 is 0 Å². The zero-order valence-corrected chi connectivity index (χ0v) is 20.4. The second kappa shape index (κ2) is 11.6. The van der Waals surface area contributed by atoms with Gasteiger partial charge in [-0.1, -0.05) is 18.2 Å². The van der Waals surface area contributed by atoms with Crippen LogP contribution in [0.15, 0.2) is 30.3 Å². The van der Waals surface area contributed by atoms with Crippen LogP contribution in [0, 0.1) is 23.4 Å². The molecule has 2 saturated carbocycles. The number of methoxy groups -OCH3 is 1. The smallest absolute Gasteiger partial charge is 0.165 e. The third-order valence-corrected chi connectivity index (χ3v) is 8.04. The number of halogens is 3. The van der Waals surface area contributed by atoms with E-state index in [4.69, 9.17) is 9.47 Å². The average molecular weight is 475 g/mol. The van der Waals surface area contributed by atoms with Crippen LogP contribution in [0.25, 0.3) is 0 Å². The maximum absolute atomic E-state index is 14.9. The number of hydrogen-bond donors (Lipinski definition) is 0. The molecule has 0 amide bonds. The summed E-state index contributed by atoms with van der Waals surface area (Å²) in [4.78, 5) is 0. The van der Waals surface area contributed by atoms with Crippen LogP contribution in [0.3, 0.4) is 0 Å². The molecule has 2 aliphatic rings. The number of ether oxygens (including phenoxy) is 2. The van der Waals surface area contributed by atoms with Crippen molar-refractivity contribution in [3.05, 3.63) is 64.5 Å². The van der Waals surface area contributed by atoms with E-state index in [9.17, 15) is 13.2 Å². The van der Waals surface area contributed by atoms with E-state index in [1.54, 1.807) is 25.3 Å². The van der Waals surface area contributed by atoms with Crippen LogP contribution in [-0.2, 0) is 11.2 Å². The lowest BCUT2D eigenvalue weighted by molar-refractivity contribution is 0.0655. The van der Waals surface area contributed by atoms with Gasteiger partial charge in [0, 0.05) is 7.11 Å². The highest BCUT2D eigenvalue weighted by atomic mass is 19.2. The van der Waals surface area contributed by atoms with Crippen molar-refractivity contribution in [2.75, 3.05) is 13.7 Å². The lowest BCUT2D eigenvalue weighted by atomic mass is 9.76. The van der Waals surface area contributed by atoms with Crippen molar-refractivity contribution in [1.82, 2.24) is 0 Å². The summed E-state index contributed by atoms with van der Waals surface area (Å²) in [5.41, 5.74) is 2.05. The number of rotatable bonds is 8. The number of hydrogen-bond acceptors (Lipinski definition) is 2. The van der Waals surface area contributed by atoms with E-state index in [-0.39, 0.29) is 17.8 Å². The first-order chi connectivity index (χ1) is 16.5. The summed E-state index contributed by atoms with van der Waals surface area (Å²) in [7, 11) is 1.71. The largest absolute Gasteiger partial charge is 0.491 e. The summed E-state index contributed by atoms with van der Waals surface area (Å²) in [5, 5.41) is 0. The second-order valence-electron chi connectivity index (χ2n) is 10.0. The molecule has 0 aliphatic heterocycles. The SMILES string of the molecule is CCOc1ccc(C2CCC(CCc3ccc(C4CCC(OC)CC4)c(F)c3F)CC2)cc1F. The topological polar surface area (TPSA) is 18.5 Å². The van der Waals surface area contributed by atoms with Gasteiger partial charge in [-0.25, -0.2) is 13.2 Å². The van der Waals surface area contributed by atoms with Gasteiger partial charge >= 0.3 is 0 Å². The molecule has 2 fully saturated rings. The second-order valence-corrected chi connectivity index (χ2v) is 10.0. The van der Waals surface area contributed by atoms with E-state index in [2.05, 4.69) is 0 Å². The van der Waals surface area contributed by atoms with Gasteiger partial charge in [0.25, 0.3) is 0 Å². The molecule has 0 saturated heterocycles. The lowest BCUT2D eigenvalue weighted by Crippen LogP contribution is -2.20. The number of aryl methyl sites for hydroxylation is 1. The summed E-state index contributed by atoms with van der Waals surface area (Å²) in [6, 6.07) is 8.91. The van der Waals surface area contributed by atoms with Gasteiger partial charge < -0.3 is 9.47 Å². The fourth-order valence-corrected chi connectivity index (χ4v) is 5.91. The minimum atomic E-state index is -0.662. The van der Waals surface area contributed by atoms with Crippen LogP contribution in [0.4, 0.5) is 13.2 Å². The van der Waals surface area contributed by atoms with Gasteiger partial charge in [0.15, 0.2) is 23.2 Å². The zero-order chi connectivity index (χ0) is 24.1. The van der Waals surface area contributed by atoms with E-state index < -0.39 is 11.6 Å². The first kappa shape index (κ1) is 25.1. The van der Waals surface area contributed by atoms with Gasteiger partial charge in [-0.05, 0) is 118 Å². The fraction of sp³-hybridized carbons (Fsp3) is 0.586. The molecule has 0 bridgehead atoms. The molecule has 5 heteroatoms. The lowest BCUT2D eigenvalue weighted by Gasteiger charge is -2.29. The van der Waals surface area contributed by atoms with Gasteiger partial charge in [-0.3, -0.25) is 0 Å². The molecule has 0 heterocycles. The molecule has 0 radical (unpaired) electrons. The Balaban J connectivity index is 1.29. The Morgan fingerprint density at radius 2 is 1.53 bits per heavy atom. The van der Waals surface area contributed by atoms with Gasteiger partial charge in [0.2, 0.25) is 0 Å². The standard InChI is InChI=1S/C29H37F3O2/c1-3-34-27-17-13-23(18-26(27)30)20-7-4-19(5-8-20)6-9-22-12-16-25(29(32)28(22)31)21-10-14-24(33-2)15-11-21/h12-13,16-21,24H,3-11,14-15H2,1-2H3. The highest BCUT2D eigenvalue weighted by molar-refractivity contribution is 5.32. The van der Waals surface area contributed by atoms with Crippen LogP contribution in [0.5, 0.6) is 5.75 Å². The molecule has 0 N–H and O–H groups in total. The third-order valence-electron chi connectivity index (χ3n) is 8.04. The molecule has 2 aliphatic carbocycles. The Morgan fingerprint density at radius 1 is 0.824 bits per heavy atom. The summed E-state index contributed by atoms with van der Waals surface area (Å²) in [5.74, 6) is -0.377. The maximum atomic E-state index is 14.9. The molecule has 0 unspecified atom stereocenters. The average Bonchev–Trinajstić information content (AvgIpc) is 2.87. The minimum Gasteiger partial charge on any atom is -0.491 e. The normalized spacial score (nSPS) is 25.3. The molecule has 2 nitrogen and oxygen atoms in total. The summed E-state index contributed by atoms with van der Waals surface area (Å²) in [6.07, 6.45) is 9.21. The van der Waals surface area contributed by atoms with E-state index in [0.717, 1.165) is 63.4 Å². The Bertz CT molecular complexity index is 945. The van der Waals surface area contributed by atoms with Crippen molar-refractivity contribution in [3.8, 4) is 5.75 Å². The highest BCUT2D eigenvalue weighted by Gasteiger charge is 2.27. The third kappa shape index (κ3) is 5.79. The molecule has 0 spiro atoms. The Kier molecular flexibility index (Phi) is 8.57.